The van der Waals surface area contributed by atoms with E-state index in [1.54, 1.807) is 0 Å². The predicted molar refractivity (Wildman–Crippen MR) is 97.4 cm³/mol. The fourth-order valence-corrected chi connectivity index (χ4v) is 1.31. The Bertz CT molecular complexity index is 417. The van der Waals surface area contributed by atoms with Gasteiger partial charge < -0.3 is 37.6 Å². The third kappa shape index (κ3) is 17.1. The lowest BCUT2D eigenvalue weighted by Gasteiger charge is -2.11. The van der Waals surface area contributed by atoms with Crippen LogP contribution >= 0.6 is 0 Å². The Morgan fingerprint density at radius 2 is 1.19 bits per heavy atom. The van der Waals surface area contributed by atoms with Gasteiger partial charge >= 0.3 is 17.9 Å². The Morgan fingerprint density at radius 3 is 1.27 bits per heavy atom. The molecule has 0 amide bonds. The Balaban J connectivity index is -0.000000306. The lowest BCUT2D eigenvalue weighted by atomic mass is 10.0. The maximum atomic E-state index is 10.2. The van der Waals surface area contributed by atoms with E-state index < -0.39 is 42.1 Å². The van der Waals surface area contributed by atoms with Crippen LogP contribution in [0.15, 0.2) is 0 Å². The molecule has 0 rings (SSSR count). The SMILES string of the molecule is CC(C)CC(N)C(=O)O.CC(O)C(N)C(=O)O.CCC(C)C(N)C(=O)O. The largest absolute Gasteiger partial charge is 0.480 e. The van der Waals surface area contributed by atoms with Crippen molar-refractivity contribution < 1.29 is 34.8 Å². The molecule has 10 nitrogen and oxygen atoms in total. The summed E-state index contributed by atoms with van der Waals surface area (Å²) in [7, 11) is 0. The number of hydrogen-bond donors (Lipinski definition) is 7. The van der Waals surface area contributed by atoms with E-state index in [-0.39, 0.29) is 5.92 Å². The number of rotatable bonds is 8. The van der Waals surface area contributed by atoms with Gasteiger partial charge in [-0.1, -0.05) is 34.1 Å². The van der Waals surface area contributed by atoms with Crippen molar-refractivity contribution in [2.45, 2.75) is 71.7 Å². The van der Waals surface area contributed by atoms with E-state index in [1.807, 2.05) is 27.7 Å². The molecule has 0 aliphatic carbocycles. The maximum absolute atomic E-state index is 10.2. The molecule has 0 aliphatic heterocycles. The summed E-state index contributed by atoms with van der Waals surface area (Å²) in [5.41, 5.74) is 15.4. The van der Waals surface area contributed by atoms with Crippen LogP contribution in [0.25, 0.3) is 0 Å². The molecular formula is C16H35N3O7. The molecule has 156 valence electrons. The molecule has 10 heteroatoms. The molecule has 0 radical (unpaired) electrons. The summed E-state index contributed by atoms with van der Waals surface area (Å²) in [6.07, 6.45) is 0.385. The molecule has 0 aromatic rings. The van der Waals surface area contributed by atoms with Crippen LogP contribution in [0.3, 0.4) is 0 Å². The Morgan fingerprint density at radius 1 is 0.808 bits per heavy atom. The Labute approximate surface area is 154 Å². The van der Waals surface area contributed by atoms with Crippen LogP contribution < -0.4 is 17.2 Å². The minimum atomic E-state index is -1.18. The van der Waals surface area contributed by atoms with Gasteiger partial charge in [0.25, 0.3) is 0 Å². The van der Waals surface area contributed by atoms with Crippen LogP contribution in [0.2, 0.25) is 0 Å². The second kappa shape index (κ2) is 15.5. The fraction of sp³-hybridized carbons (Fsp3) is 0.812. The lowest BCUT2D eigenvalue weighted by molar-refractivity contribution is -0.141. The molecule has 10 N–H and O–H groups in total. The smallest absolute Gasteiger partial charge is 0.323 e. The normalized spacial score (nSPS) is 15.9. The van der Waals surface area contributed by atoms with Gasteiger partial charge in [-0.2, -0.15) is 0 Å². The van der Waals surface area contributed by atoms with Crippen molar-refractivity contribution in [3.8, 4) is 0 Å². The molecule has 0 aliphatic rings. The minimum Gasteiger partial charge on any atom is -0.480 e. The van der Waals surface area contributed by atoms with Gasteiger partial charge in [-0.25, -0.2) is 0 Å². The number of carbonyl (C=O) groups is 3. The third-order valence-electron chi connectivity index (χ3n) is 3.39. The van der Waals surface area contributed by atoms with Crippen molar-refractivity contribution >= 4 is 17.9 Å². The summed E-state index contributed by atoms with van der Waals surface area (Å²) in [6.45, 7) is 8.98. The van der Waals surface area contributed by atoms with Crippen LogP contribution in [0.5, 0.6) is 0 Å². The van der Waals surface area contributed by atoms with Gasteiger partial charge in [0, 0.05) is 0 Å². The molecule has 0 spiro atoms. The number of nitrogens with two attached hydrogens (primary N) is 3. The second-order valence-electron chi connectivity index (χ2n) is 6.43. The van der Waals surface area contributed by atoms with Gasteiger partial charge in [0.05, 0.1) is 6.10 Å². The van der Waals surface area contributed by atoms with Crippen molar-refractivity contribution in [3.05, 3.63) is 0 Å². The number of aliphatic carboxylic acids is 3. The van der Waals surface area contributed by atoms with Crippen molar-refractivity contribution in [3.63, 3.8) is 0 Å². The number of aliphatic hydroxyl groups is 1. The summed E-state index contributed by atoms with van der Waals surface area (Å²) in [6, 6.07) is -2.55. The first-order valence-corrected chi connectivity index (χ1v) is 8.32. The average molecular weight is 381 g/mol. The topological polar surface area (TPSA) is 210 Å². The van der Waals surface area contributed by atoms with E-state index in [4.69, 9.17) is 37.6 Å². The zero-order chi connectivity index (χ0) is 21.6. The molecule has 26 heavy (non-hydrogen) atoms. The maximum Gasteiger partial charge on any atom is 0.323 e. The van der Waals surface area contributed by atoms with Gasteiger partial charge in [-0.3, -0.25) is 14.4 Å². The molecule has 0 fully saturated rings. The Kier molecular flexibility index (Phi) is 17.3. The quantitative estimate of drug-likeness (QED) is 0.291. The van der Waals surface area contributed by atoms with Crippen LogP contribution in [-0.4, -0.2) is 62.6 Å². The van der Waals surface area contributed by atoms with Crippen molar-refractivity contribution in [2.75, 3.05) is 0 Å². The van der Waals surface area contributed by atoms with Gasteiger partial charge in [0.15, 0.2) is 0 Å². The molecule has 0 saturated carbocycles. The summed E-state index contributed by atoms with van der Waals surface area (Å²) >= 11 is 0. The van der Waals surface area contributed by atoms with Gasteiger partial charge in [0.2, 0.25) is 0 Å². The van der Waals surface area contributed by atoms with Crippen LogP contribution in [-0.2, 0) is 14.4 Å². The van der Waals surface area contributed by atoms with Crippen molar-refractivity contribution in [1.82, 2.24) is 0 Å². The standard InChI is InChI=1S/2C6H13NO2.C4H9NO3/c1-4(2)3-5(7)6(8)9;1-3-4(2)5(7)6(8)9;1-2(6)3(5)4(7)8/h2*4-5H,3,7H2,1-2H3,(H,8,9);2-3,6H,5H2,1H3,(H,7,8). The highest BCUT2D eigenvalue weighted by atomic mass is 16.4. The highest BCUT2D eigenvalue weighted by molar-refractivity contribution is 5.74. The predicted octanol–water partition coefficient (Wildman–Crippen LogP) is -0.332. The third-order valence-corrected chi connectivity index (χ3v) is 3.39. The number of aliphatic hydroxyl groups excluding tert-OH is 1. The van der Waals surface area contributed by atoms with Gasteiger partial charge in [-0.15, -0.1) is 0 Å². The molecule has 0 aromatic carbocycles. The molecule has 0 heterocycles. The molecule has 0 bridgehead atoms. The first-order valence-electron chi connectivity index (χ1n) is 8.32. The van der Waals surface area contributed by atoms with Crippen LogP contribution in [0.4, 0.5) is 0 Å². The fourth-order valence-electron chi connectivity index (χ4n) is 1.31. The number of carboxylic acid groups (broad SMARTS) is 3. The van der Waals surface area contributed by atoms with E-state index >= 15 is 0 Å². The Hall–Kier alpha value is -1.75. The van der Waals surface area contributed by atoms with Crippen molar-refractivity contribution in [1.29, 1.82) is 0 Å². The summed E-state index contributed by atoms with van der Waals surface area (Å²) in [5, 5.41) is 33.2. The molecule has 0 saturated heterocycles. The first-order chi connectivity index (χ1) is 11.7. The van der Waals surface area contributed by atoms with Gasteiger partial charge in [0.1, 0.15) is 18.1 Å². The van der Waals surface area contributed by atoms with E-state index in [0.29, 0.717) is 12.3 Å². The number of carboxylic acids is 3. The molecule has 5 atom stereocenters. The highest BCUT2D eigenvalue weighted by Gasteiger charge is 2.17. The molecule has 5 unspecified atom stereocenters. The summed E-state index contributed by atoms with van der Waals surface area (Å²) in [5.74, 6) is -2.58. The summed E-state index contributed by atoms with van der Waals surface area (Å²) in [4.78, 5) is 30.1. The summed E-state index contributed by atoms with van der Waals surface area (Å²) < 4.78 is 0. The lowest BCUT2D eigenvalue weighted by Crippen LogP contribution is -2.39. The van der Waals surface area contributed by atoms with E-state index in [9.17, 15) is 14.4 Å². The highest BCUT2D eigenvalue weighted by Crippen LogP contribution is 2.04. The molecule has 0 aromatic heterocycles. The monoisotopic (exact) mass is 381 g/mol. The van der Waals surface area contributed by atoms with E-state index in [1.165, 1.54) is 6.92 Å². The average Bonchev–Trinajstić information content (AvgIpc) is 2.52. The van der Waals surface area contributed by atoms with Crippen molar-refractivity contribution in [2.24, 2.45) is 29.0 Å². The zero-order valence-electron chi connectivity index (χ0n) is 16.1. The zero-order valence-corrected chi connectivity index (χ0v) is 16.1. The van der Waals surface area contributed by atoms with Crippen LogP contribution in [0.1, 0.15) is 47.5 Å². The minimum absolute atomic E-state index is 0.0718. The number of hydrogen-bond acceptors (Lipinski definition) is 7. The van der Waals surface area contributed by atoms with Crippen LogP contribution in [0, 0.1) is 11.8 Å². The second-order valence-corrected chi connectivity index (χ2v) is 6.43. The van der Waals surface area contributed by atoms with E-state index in [2.05, 4.69) is 0 Å². The first kappa shape index (κ1) is 29.0. The van der Waals surface area contributed by atoms with E-state index in [0.717, 1.165) is 6.42 Å². The van der Waals surface area contributed by atoms with Gasteiger partial charge in [-0.05, 0) is 25.2 Å². The molecular weight excluding hydrogens is 346 g/mol.